The third kappa shape index (κ3) is 1.07. The fourth-order valence-corrected chi connectivity index (χ4v) is 3.33. The number of pyridine rings is 1. The van der Waals surface area contributed by atoms with Gasteiger partial charge in [-0.15, -0.1) is 0 Å². The van der Waals surface area contributed by atoms with E-state index in [0.29, 0.717) is 6.04 Å². The van der Waals surface area contributed by atoms with Crippen LogP contribution in [-0.2, 0) is 5.60 Å². The third-order valence-electron chi connectivity index (χ3n) is 4.17. The lowest BCUT2D eigenvalue weighted by Gasteiger charge is -2.44. The van der Waals surface area contributed by atoms with Crippen LogP contribution in [0, 0.1) is 0 Å². The average Bonchev–Trinajstić information content (AvgIpc) is 2.64. The summed E-state index contributed by atoms with van der Waals surface area (Å²) in [6, 6.07) is 2.21. The first-order valence-electron chi connectivity index (χ1n) is 5.68. The number of rotatable bonds is 1. The summed E-state index contributed by atoms with van der Waals surface area (Å²) in [5.41, 5.74) is 0.797. The highest BCUT2D eigenvalue weighted by Gasteiger charge is 2.52. The molecule has 3 rings (SSSR count). The van der Waals surface area contributed by atoms with Crippen LogP contribution in [-0.4, -0.2) is 39.8 Å². The van der Waals surface area contributed by atoms with E-state index in [1.165, 1.54) is 0 Å². The Morgan fingerprint density at radius 3 is 3.12 bits per heavy atom. The fourth-order valence-electron chi connectivity index (χ4n) is 3.33. The summed E-state index contributed by atoms with van der Waals surface area (Å²) in [6.45, 7) is -0.230. The van der Waals surface area contributed by atoms with Gasteiger partial charge < -0.3 is 10.2 Å². The van der Waals surface area contributed by atoms with Crippen LogP contribution in [0.25, 0.3) is 0 Å². The molecule has 86 valence electrons. The van der Waals surface area contributed by atoms with E-state index in [4.69, 9.17) is 0 Å². The molecule has 1 aromatic heterocycles. The number of hydrogen-bond acceptors (Lipinski definition) is 4. The molecule has 2 aliphatic heterocycles. The molecule has 1 aromatic rings. The van der Waals surface area contributed by atoms with Gasteiger partial charge in [-0.1, -0.05) is 0 Å². The van der Waals surface area contributed by atoms with Crippen molar-refractivity contribution in [3.05, 3.63) is 29.6 Å². The molecule has 0 saturated carbocycles. The Hall–Kier alpha value is -0.970. The molecule has 2 aliphatic rings. The van der Waals surface area contributed by atoms with Crippen molar-refractivity contribution in [2.45, 2.75) is 30.5 Å². The number of likely N-dealkylation sites (N-methyl/N-ethyl adjacent to an activating group) is 1. The first kappa shape index (κ1) is 10.2. The van der Waals surface area contributed by atoms with Crippen LogP contribution in [0.1, 0.15) is 30.0 Å². The first-order chi connectivity index (χ1) is 7.68. The van der Waals surface area contributed by atoms with E-state index in [9.17, 15) is 10.2 Å². The van der Waals surface area contributed by atoms with Gasteiger partial charge in [-0.25, -0.2) is 0 Å². The Labute approximate surface area is 94.5 Å². The SMILES string of the molecule is CN1[C@@H]2CC[C@H]1C(O)(CO)c1ccncc12. The fraction of sp³-hybridized carbons (Fsp3) is 0.583. The lowest BCUT2D eigenvalue weighted by Crippen LogP contribution is -2.52. The van der Waals surface area contributed by atoms with Crippen molar-refractivity contribution in [1.82, 2.24) is 9.88 Å². The summed E-state index contributed by atoms with van der Waals surface area (Å²) in [6.07, 6.45) is 5.46. The lowest BCUT2D eigenvalue weighted by atomic mass is 9.81. The van der Waals surface area contributed by atoms with E-state index in [1.54, 1.807) is 6.20 Å². The number of hydrogen-bond donors (Lipinski definition) is 2. The van der Waals surface area contributed by atoms with Crippen LogP contribution < -0.4 is 0 Å². The highest BCUT2D eigenvalue weighted by molar-refractivity contribution is 5.38. The summed E-state index contributed by atoms with van der Waals surface area (Å²) >= 11 is 0. The molecular weight excluding hydrogens is 204 g/mol. The highest BCUT2D eigenvalue weighted by atomic mass is 16.3. The van der Waals surface area contributed by atoms with Gasteiger partial charge in [-0.2, -0.15) is 0 Å². The zero-order valence-corrected chi connectivity index (χ0v) is 9.30. The average molecular weight is 220 g/mol. The summed E-state index contributed by atoms with van der Waals surface area (Å²) in [5, 5.41) is 20.2. The number of aromatic nitrogens is 1. The monoisotopic (exact) mass is 220 g/mol. The highest BCUT2D eigenvalue weighted by Crippen LogP contribution is 2.49. The molecule has 3 atom stereocenters. The summed E-state index contributed by atoms with van der Waals surface area (Å²) < 4.78 is 0. The quantitative estimate of drug-likeness (QED) is 0.719. The Morgan fingerprint density at radius 1 is 1.56 bits per heavy atom. The second kappa shape index (κ2) is 3.26. The number of aliphatic hydroxyl groups excluding tert-OH is 1. The molecule has 0 aromatic carbocycles. The maximum atomic E-state index is 10.7. The third-order valence-corrected chi connectivity index (χ3v) is 4.17. The Kier molecular flexibility index (Phi) is 2.08. The minimum atomic E-state index is -1.12. The van der Waals surface area contributed by atoms with Gasteiger partial charge in [0.2, 0.25) is 0 Å². The molecule has 4 nitrogen and oxygen atoms in total. The summed E-state index contributed by atoms with van der Waals surface area (Å²) in [7, 11) is 2.01. The van der Waals surface area contributed by atoms with Crippen LogP contribution in [0.3, 0.4) is 0 Å². The molecule has 16 heavy (non-hydrogen) atoms. The van der Waals surface area contributed by atoms with Gasteiger partial charge >= 0.3 is 0 Å². The van der Waals surface area contributed by atoms with Gasteiger partial charge in [0.1, 0.15) is 5.60 Å². The van der Waals surface area contributed by atoms with Crippen molar-refractivity contribution in [3.63, 3.8) is 0 Å². The second-order valence-corrected chi connectivity index (χ2v) is 4.82. The van der Waals surface area contributed by atoms with Crippen LogP contribution in [0.15, 0.2) is 18.5 Å². The molecule has 2 N–H and O–H groups in total. The summed E-state index contributed by atoms with van der Waals surface area (Å²) in [4.78, 5) is 6.30. The van der Waals surface area contributed by atoms with Crippen molar-refractivity contribution >= 4 is 0 Å². The van der Waals surface area contributed by atoms with E-state index in [0.717, 1.165) is 24.0 Å². The van der Waals surface area contributed by atoms with Crippen LogP contribution in [0.5, 0.6) is 0 Å². The van der Waals surface area contributed by atoms with E-state index >= 15 is 0 Å². The minimum Gasteiger partial charge on any atom is -0.393 e. The predicted molar refractivity (Wildman–Crippen MR) is 58.7 cm³/mol. The normalized spacial score (nSPS) is 37.4. The van der Waals surface area contributed by atoms with Gasteiger partial charge in [0.15, 0.2) is 0 Å². The zero-order valence-electron chi connectivity index (χ0n) is 9.30. The number of fused-ring (bicyclic) bond motifs is 4. The van der Waals surface area contributed by atoms with E-state index in [1.807, 2.05) is 19.3 Å². The van der Waals surface area contributed by atoms with Crippen LogP contribution >= 0.6 is 0 Å². The van der Waals surface area contributed by atoms with Crippen molar-refractivity contribution < 1.29 is 10.2 Å². The molecule has 3 heterocycles. The first-order valence-corrected chi connectivity index (χ1v) is 5.68. The second-order valence-electron chi connectivity index (χ2n) is 4.82. The molecule has 4 heteroatoms. The van der Waals surface area contributed by atoms with Crippen molar-refractivity contribution in [3.8, 4) is 0 Å². The van der Waals surface area contributed by atoms with Crippen molar-refractivity contribution in [2.75, 3.05) is 13.7 Å². The molecular formula is C12H16N2O2. The van der Waals surface area contributed by atoms with Gasteiger partial charge in [0, 0.05) is 24.5 Å². The Morgan fingerprint density at radius 2 is 2.38 bits per heavy atom. The van der Waals surface area contributed by atoms with Gasteiger partial charge in [0.25, 0.3) is 0 Å². The molecule has 2 bridgehead atoms. The van der Waals surface area contributed by atoms with Crippen LogP contribution in [0.2, 0.25) is 0 Å². The van der Waals surface area contributed by atoms with E-state index in [-0.39, 0.29) is 12.6 Å². The zero-order chi connectivity index (χ0) is 11.3. The molecule has 0 aliphatic carbocycles. The standard InChI is InChI=1S/C12H16N2O2/c1-14-10-2-3-11(14)12(16,7-15)9-4-5-13-6-8(9)10/h4-6,10-11,15-16H,2-3,7H2,1H3/t10-,11+,12?/m1/s1. The number of nitrogens with zero attached hydrogens (tertiary/aromatic N) is 2. The van der Waals surface area contributed by atoms with Gasteiger partial charge in [-0.05, 0) is 37.1 Å². The maximum absolute atomic E-state index is 10.7. The van der Waals surface area contributed by atoms with Crippen molar-refractivity contribution in [1.29, 1.82) is 0 Å². The Balaban J connectivity index is 2.22. The molecule has 1 saturated heterocycles. The molecule has 0 radical (unpaired) electrons. The predicted octanol–water partition coefficient (Wildman–Crippen LogP) is 0.410. The van der Waals surface area contributed by atoms with E-state index < -0.39 is 5.60 Å². The molecule has 1 unspecified atom stereocenters. The van der Waals surface area contributed by atoms with Crippen LogP contribution in [0.4, 0.5) is 0 Å². The summed E-state index contributed by atoms with van der Waals surface area (Å²) in [5.74, 6) is 0. The molecule has 1 fully saturated rings. The van der Waals surface area contributed by atoms with Crippen molar-refractivity contribution in [2.24, 2.45) is 0 Å². The topological polar surface area (TPSA) is 56.6 Å². The van der Waals surface area contributed by atoms with Gasteiger partial charge in [-0.3, -0.25) is 9.88 Å². The number of aliphatic hydroxyl groups is 2. The molecule has 0 amide bonds. The molecule has 0 spiro atoms. The smallest absolute Gasteiger partial charge is 0.128 e. The maximum Gasteiger partial charge on any atom is 0.128 e. The minimum absolute atomic E-state index is 0.0254. The van der Waals surface area contributed by atoms with Gasteiger partial charge in [0.05, 0.1) is 6.61 Å². The Bertz CT molecular complexity index is 423. The lowest BCUT2D eigenvalue weighted by molar-refractivity contribution is -0.0868. The van der Waals surface area contributed by atoms with E-state index in [2.05, 4.69) is 9.88 Å². The largest absolute Gasteiger partial charge is 0.393 e.